The zero-order chi connectivity index (χ0) is 21.4. The fourth-order valence-corrected chi connectivity index (χ4v) is 4.26. The van der Waals surface area contributed by atoms with E-state index in [1.165, 1.54) is 17.7 Å². The van der Waals surface area contributed by atoms with E-state index in [1.807, 2.05) is 0 Å². The number of hydrogen-bond donors (Lipinski definition) is 2. The normalized spacial score (nSPS) is 21.7. The molecule has 0 unspecified atom stereocenters. The molecule has 1 aliphatic carbocycles. The average Bonchev–Trinajstić information content (AvgIpc) is 3.04. The number of carbonyl (C=O) groups excluding carboxylic acids is 1. The molecule has 2 heterocycles. The number of hydrogen-bond acceptors (Lipinski definition) is 6. The molecule has 1 saturated heterocycles. The van der Waals surface area contributed by atoms with Crippen molar-refractivity contribution in [3.63, 3.8) is 0 Å². The fourth-order valence-electron chi connectivity index (χ4n) is 4.26. The highest BCUT2D eigenvalue weighted by atomic mass is 16.3. The molecule has 162 valence electrons. The van der Waals surface area contributed by atoms with Gasteiger partial charge >= 0.3 is 0 Å². The molecule has 2 aliphatic rings. The van der Waals surface area contributed by atoms with Crippen molar-refractivity contribution >= 4 is 12.4 Å². The molecule has 1 aromatic rings. The van der Waals surface area contributed by atoms with E-state index >= 15 is 0 Å². The van der Waals surface area contributed by atoms with E-state index < -0.39 is 0 Å². The molecule has 0 spiro atoms. The van der Waals surface area contributed by atoms with E-state index in [9.17, 15) is 4.79 Å². The number of carbonyl (C=O) groups is 2. The molecule has 1 amide bonds. The molecule has 0 saturated carbocycles. The highest BCUT2D eigenvalue weighted by molar-refractivity contribution is 5.78. The molecule has 1 aliphatic heterocycles. The van der Waals surface area contributed by atoms with Crippen molar-refractivity contribution in [3.8, 4) is 0 Å². The Bertz CT molecular complexity index is 695. The molecule has 1 fully saturated rings. The van der Waals surface area contributed by atoms with Crippen molar-refractivity contribution in [1.29, 1.82) is 0 Å². The third kappa shape index (κ3) is 6.75. The minimum Gasteiger partial charge on any atom is -0.483 e. The van der Waals surface area contributed by atoms with Gasteiger partial charge in [-0.3, -0.25) is 9.59 Å². The van der Waals surface area contributed by atoms with Crippen LogP contribution in [0.25, 0.3) is 0 Å². The van der Waals surface area contributed by atoms with Gasteiger partial charge < -0.3 is 20.2 Å². The summed E-state index contributed by atoms with van der Waals surface area (Å²) in [7, 11) is 6.36. The Hall–Kier alpha value is -2.06. The lowest BCUT2D eigenvalue weighted by molar-refractivity contribution is -0.125. The Balaban J connectivity index is 0.000000941. The van der Waals surface area contributed by atoms with Crippen molar-refractivity contribution < 1.29 is 14.7 Å². The molecule has 0 aromatic carbocycles. The Morgan fingerprint density at radius 3 is 2.69 bits per heavy atom. The lowest BCUT2D eigenvalue weighted by Crippen LogP contribution is -2.39. The second-order valence-corrected chi connectivity index (χ2v) is 8.26. The summed E-state index contributed by atoms with van der Waals surface area (Å²) in [6, 6.07) is 0.528. The number of aryl methyl sites for hydroxylation is 2. The number of likely N-dealkylation sites (N-methyl/N-ethyl adjacent to an activating group) is 2. The maximum absolute atomic E-state index is 12.6. The van der Waals surface area contributed by atoms with Crippen LogP contribution in [-0.2, 0) is 28.9 Å². The molecule has 2 N–H and O–H groups in total. The predicted molar refractivity (Wildman–Crippen MR) is 112 cm³/mol. The number of fused-ring (bicyclic) bond motifs is 1. The van der Waals surface area contributed by atoms with Crippen molar-refractivity contribution in [1.82, 2.24) is 25.1 Å². The van der Waals surface area contributed by atoms with Crippen molar-refractivity contribution in [2.45, 2.75) is 51.5 Å². The van der Waals surface area contributed by atoms with Crippen molar-refractivity contribution in [2.24, 2.45) is 5.92 Å². The van der Waals surface area contributed by atoms with Gasteiger partial charge in [0.15, 0.2) is 0 Å². The van der Waals surface area contributed by atoms with Crippen LogP contribution < -0.4 is 5.32 Å². The van der Waals surface area contributed by atoms with Crippen LogP contribution in [0.2, 0.25) is 0 Å². The van der Waals surface area contributed by atoms with Crippen molar-refractivity contribution in [2.75, 3.05) is 40.8 Å². The van der Waals surface area contributed by atoms with E-state index in [1.54, 1.807) is 0 Å². The Morgan fingerprint density at radius 2 is 2.00 bits per heavy atom. The molecular formula is C21H35N5O3. The Kier molecular flexibility index (Phi) is 8.98. The summed E-state index contributed by atoms with van der Waals surface area (Å²) < 4.78 is 0. The topological polar surface area (TPSA) is 98.7 Å². The van der Waals surface area contributed by atoms with E-state index in [0.717, 1.165) is 50.3 Å². The van der Waals surface area contributed by atoms with Crippen LogP contribution >= 0.6 is 0 Å². The van der Waals surface area contributed by atoms with E-state index in [2.05, 4.69) is 48.2 Å². The first-order valence-electron chi connectivity index (χ1n) is 10.4. The summed E-state index contributed by atoms with van der Waals surface area (Å²) in [5.41, 5.74) is 3.68. The van der Waals surface area contributed by atoms with E-state index in [4.69, 9.17) is 14.9 Å². The number of rotatable bonds is 5. The smallest absolute Gasteiger partial charge is 0.290 e. The number of nitrogens with zero attached hydrogens (tertiary/aromatic N) is 4. The maximum atomic E-state index is 12.6. The molecule has 3 rings (SSSR count). The van der Waals surface area contributed by atoms with Gasteiger partial charge in [-0.2, -0.15) is 0 Å². The third-order valence-corrected chi connectivity index (χ3v) is 5.84. The fraction of sp³-hybridized carbons (Fsp3) is 0.714. The molecule has 8 nitrogen and oxygen atoms in total. The SMILES string of the molecule is Cc1nc(CCNC(=O)[C@@H]2CC[C@H](N(C)C)CN(C)C2)nc2c1CCC2.O=CO. The van der Waals surface area contributed by atoms with Gasteiger partial charge in [0.05, 0.1) is 5.92 Å². The van der Waals surface area contributed by atoms with Gasteiger partial charge in [-0.05, 0) is 65.7 Å². The van der Waals surface area contributed by atoms with Gasteiger partial charge in [0.1, 0.15) is 5.82 Å². The molecular weight excluding hydrogens is 370 g/mol. The quantitative estimate of drug-likeness (QED) is 0.703. The number of carboxylic acid groups (broad SMARTS) is 1. The zero-order valence-electron chi connectivity index (χ0n) is 18.1. The second-order valence-electron chi connectivity index (χ2n) is 8.26. The Morgan fingerprint density at radius 1 is 1.28 bits per heavy atom. The minimum absolute atomic E-state index is 0.0765. The number of aromatic nitrogens is 2. The highest BCUT2D eigenvalue weighted by Crippen LogP contribution is 2.22. The molecule has 1 aromatic heterocycles. The second kappa shape index (κ2) is 11.2. The largest absolute Gasteiger partial charge is 0.483 e. The van der Waals surface area contributed by atoms with Gasteiger partial charge in [0, 0.05) is 43.5 Å². The summed E-state index contributed by atoms with van der Waals surface area (Å²) in [5.74, 6) is 1.12. The number of amides is 1. The van der Waals surface area contributed by atoms with Crippen LogP contribution in [0.3, 0.4) is 0 Å². The summed E-state index contributed by atoms with van der Waals surface area (Å²) in [6.07, 6.45) is 6.10. The summed E-state index contributed by atoms with van der Waals surface area (Å²) in [6.45, 7) is 4.31. The predicted octanol–water partition coefficient (Wildman–Crippen LogP) is 0.905. The molecule has 0 bridgehead atoms. The monoisotopic (exact) mass is 405 g/mol. The third-order valence-electron chi connectivity index (χ3n) is 5.84. The van der Waals surface area contributed by atoms with E-state index in [-0.39, 0.29) is 18.3 Å². The highest BCUT2D eigenvalue weighted by Gasteiger charge is 2.27. The lowest BCUT2D eigenvalue weighted by Gasteiger charge is -2.25. The van der Waals surface area contributed by atoms with Crippen LogP contribution in [0.5, 0.6) is 0 Å². The summed E-state index contributed by atoms with van der Waals surface area (Å²) in [5, 5.41) is 10.0. The zero-order valence-corrected chi connectivity index (χ0v) is 18.1. The first-order chi connectivity index (χ1) is 13.8. The molecule has 2 atom stereocenters. The molecule has 29 heavy (non-hydrogen) atoms. The number of likely N-dealkylation sites (tertiary alicyclic amines) is 1. The van der Waals surface area contributed by atoms with Gasteiger partial charge in [-0.25, -0.2) is 9.97 Å². The maximum Gasteiger partial charge on any atom is 0.290 e. The molecule has 8 heteroatoms. The Labute approximate surface area is 173 Å². The van der Waals surface area contributed by atoms with Crippen LogP contribution in [0, 0.1) is 12.8 Å². The summed E-state index contributed by atoms with van der Waals surface area (Å²) >= 11 is 0. The lowest BCUT2D eigenvalue weighted by atomic mass is 10.0. The first-order valence-corrected chi connectivity index (χ1v) is 10.4. The average molecular weight is 406 g/mol. The standard InChI is InChI=1S/C20H33N5O.CH2O2/c1-14-17-6-5-7-18(17)23-19(22-14)10-11-21-20(26)15-8-9-16(24(2)3)13-25(4)12-15;2-1-3/h15-16H,5-13H2,1-4H3,(H,21,26);1H,(H,2,3)/t15-,16+;/m1./s1. The van der Waals surface area contributed by atoms with Crippen LogP contribution in [0.15, 0.2) is 0 Å². The van der Waals surface area contributed by atoms with Crippen LogP contribution in [-0.4, -0.2) is 84.1 Å². The van der Waals surface area contributed by atoms with E-state index in [0.29, 0.717) is 19.0 Å². The van der Waals surface area contributed by atoms with Crippen LogP contribution in [0.1, 0.15) is 42.0 Å². The first kappa shape index (κ1) is 23.2. The molecule has 0 radical (unpaired) electrons. The van der Waals surface area contributed by atoms with Crippen LogP contribution in [0.4, 0.5) is 0 Å². The van der Waals surface area contributed by atoms with Gasteiger partial charge in [0.25, 0.3) is 6.47 Å². The van der Waals surface area contributed by atoms with Gasteiger partial charge in [-0.15, -0.1) is 0 Å². The summed E-state index contributed by atoms with van der Waals surface area (Å²) in [4.78, 5) is 34.9. The van der Waals surface area contributed by atoms with Crippen molar-refractivity contribution in [3.05, 3.63) is 22.8 Å². The minimum atomic E-state index is -0.250. The van der Waals surface area contributed by atoms with Gasteiger partial charge in [-0.1, -0.05) is 0 Å². The van der Waals surface area contributed by atoms with Gasteiger partial charge in [0.2, 0.25) is 5.91 Å². The number of nitrogens with one attached hydrogen (secondary N) is 1.